The van der Waals surface area contributed by atoms with Gasteiger partial charge in [0.15, 0.2) is 0 Å². The van der Waals surface area contributed by atoms with Crippen molar-refractivity contribution < 1.29 is 9.53 Å². The third kappa shape index (κ3) is 4.37. The molecule has 4 nitrogen and oxygen atoms in total. The van der Waals surface area contributed by atoms with Crippen LogP contribution in [0, 0.1) is 5.92 Å². The van der Waals surface area contributed by atoms with Crippen molar-refractivity contribution >= 4 is 5.91 Å². The van der Waals surface area contributed by atoms with Crippen LogP contribution in [-0.2, 0) is 4.79 Å². The van der Waals surface area contributed by atoms with Crippen molar-refractivity contribution in [2.24, 2.45) is 11.7 Å². The van der Waals surface area contributed by atoms with E-state index < -0.39 is 6.04 Å². The molecule has 1 amide bonds. The number of ether oxygens (including phenoxy) is 1. The Kier molecular flexibility index (Phi) is 5.65. The first-order valence-electron chi connectivity index (χ1n) is 6.20. The summed E-state index contributed by atoms with van der Waals surface area (Å²) < 4.78 is 5.53. The second kappa shape index (κ2) is 7.01. The van der Waals surface area contributed by atoms with Gasteiger partial charge in [-0.05, 0) is 18.1 Å². The van der Waals surface area contributed by atoms with E-state index in [0.29, 0.717) is 13.2 Å². The number of hydrogen-bond donors (Lipinski definition) is 1. The van der Waals surface area contributed by atoms with Crippen molar-refractivity contribution in [2.75, 3.05) is 20.2 Å². The highest BCUT2D eigenvalue weighted by Gasteiger charge is 2.20. The van der Waals surface area contributed by atoms with Crippen molar-refractivity contribution in [2.45, 2.75) is 19.9 Å². The molecule has 0 aromatic heterocycles. The molecule has 1 rings (SSSR count). The molecule has 0 heterocycles. The molecule has 2 N–H and O–H groups in total. The van der Waals surface area contributed by atoms with E-state index >= 15 is 0 Å². The Morgan fingerprint density at radius 2 is 1.94 bits per heavy atom. The fraction of sp³-hybridized carbons (Fsp3) is 0.500. The Bertz CT molecular complexity index is 365. The van der Waals surface area contributed by atoms with Crippen LogP contribution in [0.4, 0.5) is 0 Å². The van der Waals surface area contributed by atoms with E-state index in [2.05, 4.69) is 0 Å². The van der Waals surface area contributed by atoms with Gasteiger partial charge < -0.3 is 15.4 Å². The second-order valence-corrected chi connectivity index (χ2v) is 4.69. The molecule has 18 heavy (non-hydrogen) atoms. The number of benzene rings is 1. The highest BCUT2D eigenvalue weighted by molar-refractivity contribution is 5.81. The molecule has 0 bridgehead atoms. The Hall–Kier alpha value is -1.55. The number of para-hydroxylation sites is 1. The number of nitrogens with zero attached hydrogens (tertiary/aromatic N) is 1. The van der Waals surface area contributed by atoms with Gasteiger partial charge in [-0.15, -0.1) is 0 Å². The zero-order chi connectivity index (χ0) is 13.5. The van der Waals surface area contributed by atoms with E-state index in [1.54, 1.807) is 11.9 Å². The molecular formula is C14H22N2O2. The highest BCUT2D eigenvalue weighted by atomic mass is 16.5. The van der Waals surface area contributed by atoms with Crippen molar-refractivity contribution in [3.05, 3.63) is 30.3 Å². The third-order valence-corrected chi connectivity index (χ3v) is 2.82. The first-order valence-corrected chi connectivity index (χ1v) is 6.20. The number of nitrogens with two attached hydrogens (primary N) is 1. The summed E-state index contributed by atoms with van der Waals surface area (Å²) in [6.45, 7) is 4.89. The van der Waals surface area contributed by atoms with Gasteiger partial charge in [0.1, 0.15) is 12.4 Å². The molecule has 1 aromatic rings. The summed E-state index contributed by atoms with van der Waals surface area (Å²) in [4.78, 5) is 13.5. The highest BCUT2D eigenvalue weighted by Crippen LogP contribution is 2.08. The van der Waals surface area contributed by atoms with E-state index in [1.807, 2.05) is 44.2 Å². The summed E-state index contributed by atoms with van der Waals surface area (Å²) in [6.07, 6.45) is 0. The number of carbonyl (C=O) groups excluding carboxylic acids is 1. The lowest BCUT2D eigenvalue weighted by Gasteiger charge is -2.23. The Morgan fingerprint density at radius 1 is 1.33 bits per heavy atom. The van der Waals surface area contributed by atoms with Gasteiger partial charge in [0, 0.05) is 7.05 Å². The average molecular weight is 250 g/mol. The molecule has 0 saturated carbocycles. The number of carbonyl (C=O) groups is 1. The van der Waals surface area contributed by atoms with E-state index in [-0.39, 0.29) is 11.8 Å². The molecule has 0 spiro atoms. The van der Waals surface area contributed by atoms with Crippen molar-refractivity contribution in [1.82, 2.24) is 4.90 Å². The van der Waals surface area contributed by atoms with Crippen LogP contribution < -0.4 is 10.5 Å². The summed E-state index contributed by atoms with van der Waals surface area (Å²) in [6, 6.07) is 9.11. The topological polar surface area (TPSA) is 55.6 Å². The third-order valence-electron chi connectivity index (χ3n) is 2.82. The van der Waals surface area contributed by atoms with Gasteiger partial charge in [-0.25, -0.2) is 0 Å². The monoisotopic (exact) mass is 250 g/mol. The maximum Gasteiger partial charge on any atom is 0.239 e. The maximum absolute atomic E-state index is 11.9. The van der Waals surface area contributed by atoms with Crippen LogP contribution in [0.1, 0.15) is 13.8 Å². The molecule has 1 aromatic carbocycles. The maximum atomic E-state index is 11.9. The number of likely N-dealkylation sites (N-methyl/N-ethyl adjacent to an activating group) is 1. The first-order chi connectivity index (χ1) is 8.52. The fourth-order valence-corrected chi connectivity index (χ4v) is 1.47. The SMILES string of the molecule is CC(C)[C@@H](N)C(=O)N(C)CCOc1ccccc1. The first kappa shape index (κ1) is 14.5. The molecule has 0 saturated heterocycles. The lowest BCUT2D eigenvalue weighted by atomic mass is 10.0. The van der Waals surface area contributed by atoms with Gasteiger partial charge in [0.2, 0.25) is 5.91 Å². The van der Waals surface area contributed by atoms with Gasteiger partial charge in [0.25, 0.3) is 0 Å². The lowest BCUT2D eigenvalue weighted by Crippen LogP contribution is -2.46. The van der Waals surface area contributed by atoms with E-state index in [4.69, 9.17) is 10.5 Å². The lowest BCUT2D eigenvalue weighted by molar-refractivity contribution is -0.132. The molecule has 4 heteroatoms. The predicted molar refractivity (Wildman–Crippen MR) is 72.4 cm³/mol. The number of amides is 1. The van der Waals surface area contributed by atoms with Crippen LogP contribution in [-0.4, -0.2) is 37.0 Å². The molecule has 0 unspecified atom stereocenters. The van der Waals surface area contributed by atoms with Crippen molar-refractivity contribution in [1.29, 1.82) is 0 Å². The normalized spacial score (nSPS) is 12.3. The Morgan fingerprint density at radius 3 is 2.50 bits per heavy atom. The quantitative estimate of drug-likeness (QED) is 0.832. The van der Waals surface area contributed by atoms with Gasteiger partial charge in [-0.3, -0.25) is 4.79 Å². The molecule has 0 aliphatic carbocycles. The van der Waals surface area contributed by atoms with Gasteiger partial charge >= 0.3 is 0 Å². The summed E-state index contributed by atoms with van der Waals surface area (Å²) in [5.74, 6) is 0.920. The minimum absolute atomic E-state index is 0.0401. The zero-order valence-electron chi connectivity index (χ0n) is 11.3. The molecule has 0 fully saturated rings. The largest absolute Gasteiger partial charge is 0.492 e. The van der Waals surface area contributed by atoms with Crippen molar-refractivity contribution in [3.8, 4) is 5.75 Å². The Balaban J connectivity index is 2.33. The molecule has 100 valence electrons. The molecule has 1 atom stereocenters. The fourth-order valence-electron chi connectivity index (χ4n) is 1.47. The minimum Gasteiger partial charge on any atom is -0.492 e. The summed E-state index contributed by atoms with van der Waals surface area (Å²) >= 11 is 0. The summed E-state index contributed by atoms with van der Waals surface area (Å²) in [5, 5.41) is 0. The Labute approximate surface area is 109 Å². The van der Waals surface area contributed by atoms with E-state index in [0.717, 1.165) is 5.75 Å². The molecule has 0 radical (unpaired) electrons. The van der Waals surface area contributed by atoms with E-state index in [9.17, 15) is 4.79 Å². The molecular weight excluding hydrogens is 228 g/mol. The average Bonchev–Trinajstić information content (AvgIpc) is 2.38. The smallest absolute Gasteiger partial charge is 0.239 e. The van der Waals surface area contributed by atoms with Crippen LogP contribution >= 0.6 is 0 Å². The van der Waals surface area contributed by atoms with Gasteiger partial charge in [-0.1, -0.05) is 32.0 Å². The standard InChI is InChI=1S/C14H22N2O2/c1-11(2)13(15)14(17)16(3)9-10-18-12-7-5-4-6-8-12/h4-8,11,13H,9-10,15H2,1-3H3/t13-/m1/s1. The van der Waals surface area contributed by atoms with Gasteiger partial charge in [-0.2, -0.15) is 0 Å². The van der Waals surface area contributed by atoms with Gasteiger partial charge in [0.05, 0.1) is 12.6 Å². The number of rotatable bonds is 6. The van der Waals surface area contributed by atoms with E-state index in [1.165, 1.54) is 0 Å². The number of hydrogen-bond acceptors (Lipinski definition) is 3. The van der Waals surface area contributed by atoms with Crippen LogP contribution in [0.2, 0.25) is 0 Å². The molecule has 0 aliphatic heterocycles. The van der Waals surface area contributed by atoms with Crippen molar-refractivity contribution in [3.63, 3.8) is 0 Å². The predicted octanol–water partition coefficient (Wildman–Crippen LogP) is 1.51. The van der Waals surface area contributed by atoms with Crippen LogP contribution in [0.5, 0.6) is 5.75 Å². The zero-order valence-corrected chi connectivity index (χ0v) is 11.3. The minimum atomic E-state index is -0.438. The van der Waals surface area contributed by atoms with Crippen LogP contribution in [0.15, 0.2) is 30.3 Å². The van der Waals surface area contributed by atoms with Crippen LogP contribution in [0.25, 0.3) is 0 Å². The molecule has 0 aliphatic rings. The second-order valence-electron chi connectivity index (χ2n) is 4.69. The van der Waals surface area contributed by atoms with Crippen LogP contribution in [0.3, 0.4) is 0 Å². The summed E-state index contributed by atoms with van der Waals surface area (Å²) in [5.41, 5.74) is 5.81. The summed E-state index contributed by atoms with van der Waals surface area (Å²) in [7, 11) is 1.75.